The van der Waals surface area contributed by atoms with Gasteiger partial charge in [-0.25, -0.2) is 0 Å². The molecule has 0 spiro atoms. The summed E-state index contributed by atoms with van der Waals surface area (Å²) in [7, 11) is 0. The second kappa shape index (κ2) is 10.7. The molecular formula is C42H27NS2. The van der Waals surface area contributed by atoms with Gasteiger partial charge in [-0.3, -0.25) is 0 Å². The van der Waals surface area contributed by atoms with E-state index in [0.717, 1.165) is 17.1 Å². The molecule has 0 fully saturated rings. The van der Waals surface area contributed by atoms with Gasteiger partial charge in [0.25, 0.3) is 0 Å². The summed E-state index contributed by atoms with van der Waals surface area (Å²) in [6, 6.07) is 59.6. The molecule has 0 atom stereocenters. The zero-order valence-corrected chi connectivity index (χ0v) is 26.0. The van der Waals surface area contributed by atoms with Gasteiger partial charge in [0, 0.05) is 57.4 Å². The first kappa shape index (κ1) is 26.2. The quantitative estimate of drug-likeness (QED) is 0.188. The summed E-state index contributed by atoms with van der Waals surface area (Å²) in [5.74, 6) is 0. The maximum absolute atomic E-state index is 2.38. The molecule has 9 aromatic rings. The average Bonchev–Trinajstić information content (AvgIpc) is 3.67. The van der Waals surface area contributed by atoms with Gasteiger partial charge in [0.15, 0.2) is 0 Å². The zero-order chi connectivity index (χ0) is 29.7. The molecule has 0 aliphatic carbocycles. The summed E-state index contributed by atoms with van der Waals surface area (Å²) >= 11 is 3.74. The monoisotopic (exact) mass is 609 g/mol. The topological polar surface area (TPSA) is 3.24 Å². The van der Waals surface area contributed by atoms with Crippen LogP contribution < -0.4 is 4.90 Å². The van der Waals surface area contributed by atoms with Crippen molar-refractivity contribution in [1.29, 1.82) is 0 Å². The van der Waals surface area contributed by atoms with Crippen molar-refractivity contribution >= 4 is 80.1 Å². The van der Waals surface area contributed by atoms with E-state index in [1.54, 1.807) is 0 Å². The molecule has 0 aliphatic heterocycles. The van der Waals surface area contributed by atoms with Crippen molar-refractivity contribution in [3.63, 3.8) is 0 Å². The first-order valence-electron chi connectivity index (χ1n) is 15.2. The van der Waals surface area contributed by atoms with E-state index in [1.165, 1.54) is 62.6 Å². The van der Waals surface area contributed by atoms with Crippen molar-refractivity contribution in [2.75, 3.05) is 4.90 Å². The van der Waals surface area contributed by atoms with Gasteiger partial charge in [-0.05, 0) is 89.0 Å². The second-order valence-electron chi connectivity index (χ2n) is 11.4. The second-order valence-corrected chi connectivity index (χ2v) is 13.6. The maximum atomic E-state index is 2.38. The van der Waals surface area contributed by atoms with Crippen molar-refractivity contribution < 1.29 is 0 Å². The van der Waals surface area contributed by atoms with Gasteiger partial charge >= 0.3 is 0 Å². The van der Waals surface area contributed by atoms with E-state index in [4.69, 9.17) is 0 Å². The molecule has 0 N–H and O–H groups in total. The summed E-state index contributed by atoms with van der Waals surface area (Å²) in [6.07, 6.45) is 0. The molecule has 2 aromatic heterocycles. The van der Waals surface area contributed by atoms with Crippen molar-refractivity contribution in [2.24, 2.45) is 0 Å². The van der Waals surface area contributed by atoms with E-state index < -0.39 is 0 Å². The first-order chi connectivity index (χ1) is 22.3. The smallest absolute Gasteiger partial charge is 0.0468 e. The van der Waals surface area contributed by atoms with Crippen molar-refractivity contribution in [2.45, 2.75) is 0 Å². The Morgan fingerprint density at radius 2 is 0.800 bits per heavy atom. The Hall–Kier alpha value is -5.22. The van der Waals surface area contributed by atoms with E-state index in [9.17, 15) is 0 Å². The van der Waals surface area contributed by atoms with E-state index in [-0.39, 0.29) is 0 Å². The van der Waals surface area contributed by atoms with Crippen LogP contribution in [0.5, 0.6) is 0 Å². The molecule has 0 saturated heterocycles. The number of thiophene rings is 2. The van der Waals surface area contributed by atoms with Crippen LogP contribution in [-0.2, 0) is 0 Å². The van der Waals surface area contributed by atoms with Crippen LogP contribution in [0.1, 0.15) is 0 Å². The average molecular weight is 610 g/mol. The van der Waals surface area contributed by atoms with Crippen LogP contribution in [0.3, 0.4) is 0 Å². The molecule has 1 nitrogen and oxygen atoms in total. The Labute approximate surface area is 269 Å². The Morgan fingerprint density at radius 1 is 0.289 bits per heavy atom. The number of para-hydroxylation sites is 1. The van der Waals surface area contributed by atoms with Crippen LogP contribution >= 0.6 is 22.7 Å². The summed E-state index contributed by atoms with van der Waals surface area (Å²) in [6.45, 7) is 0. The molecule has 0 saturated carbocycles. The Bertz CT molecular complexity index is 2470. The van der Waals surface area contributed by atoms with E-state index in [0.29, 0.717) is 0 Å². The standard InChI is InChI=1S/C42H27NS2/c1-3-9-28(10-4-1)29-15-19-33(20-16-29)43(32-11-5-2-6-12-32)34-21-24-41-38(27-34)37-25-30(18-23-40(37)44-41)31-17-22-36-35-13-7-8-14-39(35)45-42(36)26-31/h1-27H. The highest BCUT2D eigenvalue weighted by atomic mass is 32.1. The van der Waals surface area contributed by atoms with Gasteiger partial charge in [0.2, 0.25) is 0 Å². The van der Waals surface area contributed by atoms with Crippen molar-refractivity contribution in [1.82, 2.24) is 0 Å². The number of hydrogen-bond donors (Lipinski definition) is 0. The number of fused-ring (bicyclic) bond motifs is 6. The van der Waals surface area contributed by atoms with Crippen LogP contribution in [0.2, 0.25) is 0 Å². The number of rotatable bonds is 5. The molecule has 45 heavy (non-hydrogen) atoms. The van der Waals surface area contributed by atoms with Crippen LogP contribution in [0, 0.1) is 0 Å². The summed E-state index contributed by atoms with van der Waals surface area (Å²) in [5, 5.41) is 5.27. The summed E-state index contributed by atoms with van der Waals surface area (Å²) in [4.78, 5) is 2.36. The van der Waals surface area contributed by atoms with E-state index in [2.05, 4.69) is 169 Å². The molecule has 7 aromatic carbocycles. The minimum absolute atomic E-state index is 1.14. The van der Waals surface area contributed by atoms with Gasteiger partial charge in [-0.15, -0.1) is 22.7 Å². The molecule has 0 unspecified atom stereocenters. The molecule has 2 heterocycles. The largest absolute Gasteiger partial charge is 0.310 e. The normalized spacial score (nSPS) is 11.6. The molecule has 0 aliphatic rings. The third kappa shape index (κ3) is 4.60. The van der Waals surface area contributed by atoms with E-state index >= 15 is 0 Å². The van der Waals surface area contributed by atoms with Gasteiger partial charge in [-0.2, -0.15) is 0 Å². The highest BCUT2D eigenvalue weighted by Crippen LogP contribution is 2.43. The van der Waals surface area contributed by atoms with E-state index in [1.807, 2.05) is 22.7 Å². The molecule has 212 valence electrons. The number of anilines is 3. The predicted octanol–water partition coefficient (Wildman–Crippen LogP) is 13.2. The van der Waals surface area contributed by atoms with Gasteiger partial charge in [-0.1, -0.05) is 97.1 Å². The molecule has 3 heteroatoms. The van der Waals surface area contributed by atoms with Crippen LogP contribution in [0.25, 0.3) is 62.6 Å². The van der Waals surface area contributed by atoms with Crippen LogP contribution in [0.15, 0.2) is 164 Å². The third-order valence-corrected chi connectivity index (χ3v) is 11.0. The molecule has 9 rings (SSSR count). The zero-order valence-electron chi connectivity index (χ0n) is 24.4. The van der Waals surface area contributed by atoms with Gasteiger partial charge in [0.1, 0.15) is 0 Å². The van der Waals surface area contributed by atoms with Gasteiger partial charge < -0.3 is 4.90 Å². The lowest BCUT2D eigenvalue weighted by molar-refractivity contribution is 1.29. The van der Waals surface area contributed by atoms with Gasteiger partial charge in [0.05, 0.1) is 0 Å². The van der Waals surface area contributed by atoms with Crippen molar-refractivity contribution in [3.8, 4) is 22.3 Å². The molecule has 0 amide bonds. The Morgan fingerprint density at radius 3 is 1.62 bits per heavy atom. The first-order valence-corrected chi connectivity index (χ1v) is 16.8. The lowest BCUT2D eigenvalue weighted by Crippen LogP contribution is -2.09. The molecular weight excluding hydrogens is 583 g/mol. The third-order valence-electron chi connectivity index (χ3n) is 8.67. The fourth-order valence-electron chi connectivity index (χ4n) is 6.45. The number of hydrogen-bond acceptors (Lipinski definition) is 3. The SMILES string of the molecule is c1ccc(-c2ccc(N(c3ccccc3)c3ccc4sc5ccc(-c6ccc7c(c6)sc6ccccc67)cc5c4c3)cc2)cc1. The predicted molar refractivity (Wildman–Crippen MR) is 198 cm³/mol. The number of benzene rings is 7. The van der Waals surface area contributed by atoms with Crippen molar-refractivity contribution in [3.05, 3.63) is 164 Å². The highest BCUT2D eigenvalue weighted by Gasteiger charge is 2.16. The minimum Gasteiger partial charge on any atom is -0.310 e. The lowest BCUT2D eigenvalue weighted by Gasteiger charge is -2.26. The highest BCUT2D eigenvalue weighted by molar-refractivity contribution is 7.26. The van der Waals surface area contributed by atoms with Crippen LogP contribution in [0.4, 0.5) is 17.1 Å². The Kier molecular flexibility index (Phi) is 6.26. The fourth-order valence-corrected chi connectivity index (χ4v) is 8.66. The Balaban J connectivity index is 1.15. The maximum Gasteiger partial charge on any atom is 0.0468 e. The number of nitrogens with zero attached hydrogens (tertiary/aromatic N) is 1. The molecule has 0 bridgehead atoms. The molecule has 0 radical (unpaired) electrons. The summed E-state index contributed by atoms with van der Waals surface area (Å²) < 4.78 is 5.29. The fraction of sp³-hybridized carbons (Fsp3) is 0. The minimum atomic E-state index is 1.14. The van der Waals surface area contributed by atoms with Crippen LogP contribution in [-0.4, -0.2) is 0 Å². The summed E-state index contributed by atoms with van der Waals surface area (Å²) in [5.41, 5.74) is 8.38. The lowest BCUT2D eigenvalue weighted by atomic mass is 10.0.